The standard InChI is InChI=1S/C13H17NO8/c1-7(15)19-6-12(21-9(3)17)13(22-10(4)18)11(5-14)20-8(2)16/h11-13H,6H2,1-4H3/t11-,12-,13+/m1/s1. The lowest BCUT2D eigenvalue weighted by Crippen LogP contribution is -2.46. The molecule has 0 heterocycles. The largest absolute Gasteiger partial charge is 0.462 e. The molecule has 0 amide bonds. The minimum atomic E-state index is -1.53. The van der Waals surface area contributed by atoms with Crippen LogP contribution in [0.4, 0.5) is 0 Å². The van der Waals surface area contributed by atoms with Crippen LogP contribution >= 0.6 is 0 Å². The summed E-state index contributed by atoms with van der Waals surface area (Å²) in [6.07, 6.45) is -4.26. The molecule has 3 atom stereocenters. The molecule has 0 aliphatic carbocycles. The molecule has 9 nitrogen and oxygen atoms in total. The molecule has 9 heteroatoms. The van der Waals surface area contributed by atoms with Gasteiger partial charge in [0.2, 0.25) is 6.10 Å². The number of hydrogen-bond acceptors (Lipinski definition) is 9. The van der Waals surface area contributed by atoms with Crippen LogP contribution < -0.4 is 0 Å². The minimum Gasteiger partial charge on any atom is -0.462 e. The highest BCUT2D eigenvalue weighted by Crippen LogP contribution is 2.14. The van der Waals surface area contributed by atoms with Gasteiger partial charge in [-0.2, -0.15) is 5.26 Å². The maximum absolute atomic E-state index is 11.2. The van der Waals surface area contributed by atoms with Gasteiger partial charge in [0.25, 0.3) is 0 Å². The molecule has 0 aromatic heterocycles. The monoisotopic (exact) mass is 315 g/mol. The lowest BCUT2D eigenvalue weighted by atomic mass is 10.1. The van der Waals surface area contributed by atoms with Gasteiger partial charge in [-0.05, 0) is 0 Å². The van der Waals surface area contributed by atoms with Gasteiger partial charge in [-0.15, -0.1) is 0 Å². The number of rotatable bonds is 7. The number of ether oxygens (including phenoxy) is 4. The Balaban J connectivity index is 5.36. The van der Waals surface area contributed by atoms with Crippen LogP contribution in [0.15, 0.2) is 0 Å². The highest BCUT2D eigenvalue weighted by atomic mass is 16.6. The fourth-order valence-electron chi connectivity index (χ4n) is 1.48. The van der Waals surface area contributed by atoms with Crippen LogP contribution in [0.2, 0.25) is 0 Å². The second kappa shape index (κ2) is 9.33. The molecule has 0 saturated carbocycles. The first-order chi connectivity index (χ1) is 10.2. The van der Waals surface area contributed by atoms with Crippen LogP contribution in [-0.2, 0) is 38.1 Å². The number of nitrogens with zero attached hydrogens (tertiary/aromatic N) is 1. The van der Waals surface area contributed by atoms with Crippen molar-refractivity contribution in [2.24, 2.45) is 0 Å². The number of esters is 4. The third kappa shape index (κ3) is 7.84. The first kappa shape index (κ1) is 19.4. The topological polar surface area (TPSA) is 129 Å². The van der Waals surface area contributed by atoms with Gasteiger partial charge in [-0.25, -0.2) is 0 Å². The molecule has 0 aromatic rings. The fraction of sp³-hybridized carbons (Fsp3) is 0.615. The Morgan fingerprint density at radius 1 is 0.864 bits per heavy atom. The SMILES string of the molecule is CC(=O)OC[C@@H](OC(C)=O)[C@@H](OC(C)=O)[C@@H](C#N)OC(C)=O. The summed E-state index contributed by atoms with van der Waals surface area (Å²) in [4.78, 5) is 44.2. The zero-order valence-corrected chi connectivity index (χ0v) is 12.7. The highest BCUT2D eigenvalue weighted by molar-refractivity contribution is 5.69. The number of hydrogen-bond donors (Lipinski definition) is 0. The molecule has 0 saturated heterocycles. The maximum Gasteiger partial charge on any atom is 0.304 e. The van der Waals surface area contributed by atoms with E-state index >= 15 is 0 Å². The molecule has 0 rings (SSSR count). The summed E-state index contributed by atoms with van der Waals surface area (Å²) < 4.78 is 19.2. The number of carbonyl (C=O) groups excluding carboxylic acids is 4. The van der Waals surface area contributed by atoms with E-state index in [1.165, 1.54) is 0 Å². The van der Waals surface area contributed by atoms with Crippen molar-refractivity contribution in [1.82, 2.24) is 0 Å². The van der Waals surface area contributed by atoms with Crippen LogP contribution in [0.5, 0.6) is 0 Å². The van der Waals surface area contributed by atoms with Crippen LogP contribution in [-0.4, -0.2) is 48.8 Å². The Hall–Kier alpha value is -2.63. The summed E-state index contributed by atoms with van der Waals surface area (Å²) in [6, 6.07) is 1.63. The second-order valence-corrected chi connectivity index (χ2v) is 4.18. The molecular formula is C13H17NO8. The zero-order chi connectivity index (χ0) is 17.3. The average molecular weight is 315 g/mol. The molecule has 22 heavy (non-hydrogen) atoms. The molecule has 0 radical (unpaired) electrons. The van der Waals surface area contributed by atoms with Gasteiger partial charge in [-0.3, -0.25) is 19.2 Å². The Labute approximate surface area is 127 Å². The lowest BCUT2D eigenvalue weighted by Gasteiger charge is -2.28. The van der Waals surface area contributed by atoms with E-state index in [2.05, 4.69) is 0 Å². The van der Waals surface area contributed by atoms with Gasteiger partial charge in [0.15, 0.2) is 12.2 Å². The molecule has 0 aliphatic rings. The third-order valence-electron chi connectivity index (χ3n) is 2.16. The molecule has 0 aromatic carbocycles. The van der Waals surface area contributed by atoms with Gasteiger partial charge >= 0.3 is 23.9 Å². The van der Waals surface area contributed by atoms with Crippen LogP contribution in [0, 0.1) is 11.3 Å². The zero-order valence-electron chi connectivity index (χ0n) is 12.7. The highest BCUT2D eigenvalue weighted by Gasteiger charge is 2.38. The molecule has 0 N–H and O–H groups in total. The van der Waals surface area contributed by atoms with E-state index in [4.69, 9.17) is 24.2 Å². The van der Waals surface area contributed by atoms with E-state index in [-0.39, 0.29) is 0 Å². The molecule has 0 spiro atoms. The Morgan fingerprint density at radius 3 is 1.73 bits per heavy atom. The van der Waals surface area contributed by atoms with Crippen LogP contribution in [0.3, 0.4) is 0 Å². The second-order valence-electron chi connectivity index (χ2n) is 4.18. The first-order valence-corrected chi connectivity index (χ1v) is 6.22. The predicted octanol–water partition coefficient (Wildman–Crippen LogP) is -0.132. The van der Waals surface area contributed by atoms with Crippen molar-refractivity contribution < 1.29 is 38.1 Å². The van der Waals surface area contributed by atoms with E-state index < -0.39 is 48.8 Å². The Morgan fingerprint density at radius 2 is 1.36 bits per heavy atom. The normalized spacial score (nSPS) is 13.8. The van der Waals surface area contributed by atoms with Gasteiger partial charge in [0, 0.05) is 27.7 Å². The number of carbonyl (C=O) groups is 4. The summed E-state index contributed by atoms with van der Waals surface area (Å²) in [5.41, 5.74) is 0. The summed E-state index contributed by atoms with van der Waals surface area (Å²) in [7, 11) is 0. The molecule has 0 fully saturated rings. The lowest BCUT2D eigenvalue weighted by molar-refractivity contribution is -0.184. The smallest absolute Gasteiger partial charge is 0.304 e. The summed E-state index contributed by atoms with van der Waals surface area (Å²) in [5.74, 6) is -3.01. The summed E-state index contributed by atoms with van der Waals surface area (Å²) in [5, 5.41) is 9.05. The molecule has 0 bridgehead atoms. The van der Waals surface area contributed by atoms with E-state index in [1.54, 1.807) is 6.07 Å². The van der Waals surface area contributed by atoms with Crippen LogP contribution in [0.25, 0.3) is 0 Å². The van der Waals surface area contributed by atoms with Crippen LogP contribution in [0.1, 0.15) is 27.7 Å². The van der Waals surface area contributed by atoms with Gasteiger partial charge < -0.3 is 18.9 Å². The first-order valence-electron chi connectivity index (χ1n) is 6.22. The van der Waals surface area contributed by atoms with Crippen molar-refractivity contribution >= 4 is 23.9 Å². The maximum atomic E-state index is 11.2. The molecule has 122 valence electrons. The van der Waals surface area contributed by atoms with E-state index in [0.717, 1.165) is 27.7 Å². The quantitative estimate of drug-likeness (QED) is 0.465. The van der Waals surface area contributed by atoms with Crippen molar-refractivity contribution in [2.45, 2.75) is 46.0 Å². The molecule has 0 aliphatic heterocycles. The predicted molar refractivity (Wildman–Crippen MR) is 68.9 cm³/mol. The molecular weight excluding hydrogens is 298 g/mol. The van der Waals surface area contributed by atoms with Crippen molar-refractivity contribution in [2.75, 3.05) is 6.61 Å². The van der Waals surface area contributed by atoms with Crippen molar-refractivity contribution in [3.63, 3.8) is 0 Å². The van der Waals surface area contributed by atoms with Gasteiger partial charge in [-0.1, -0.05) is 0 Å². The minimum absolute atomic E-state index is 0.466. The average Bonchev–Trinajstić information content (AvgIpc) is 2.37. The fourth-order valence-corrected chi connectivity index (χ4v) is 1.48. The number of nitriles is 1. The molecule has 0 unspecified atom stereocenters. The van der Waals surface area contributed by atoms with Crippen molar-refractivity contribution in [3.05, 3.63) is 0 Å². The van der Waals surface area contributed by atoms with E-state index in [0.29, 0.717) is 0 Å². The Kier molecular flexibility index (Phi) is 8.22. The van der Waals surface area contributed by atoms with Gasteiger partial charge in [0.1, 0.15) is 12.7 Å². The van der Waals surface area contributed by atoms with E-state index in [1.807, 2.05) is 0 Å². The Bertz CT molecular complexity index is 481. The summed E-state index contributed by atoms with van der Waals surface area (Å²) in [6.45, 7) is 3.86. The van der Waals surface area contributed by atoms with Gasteiger partial charge in [0.05, 0.1) is 0 Å². The van der Waals surface area contributed by atoms with Crippen molar-refractivity contribution in [3.8, 4) is 6.07 Å². The third-order valence-corrected chi connectivity index (χ3v) is 2.16. The summed E-state index contributed by atoms with van der Waals surface area (Å²) >= 11 is 0. The van der Waals surface area contributed by atoms with E-state index in [9.17, 15) is 19.2 Å². The van der Waals surface area contributed by atoms with Crippen molar-refractivity contribution in [1.29, 1.82) is 5.26 Å².